The van der Waals surface area contributed by atoms with Crippen molar-refractivity contribution in [2.45, 2.75) is 37.8 Å². The number of para-hydroxylation sites is 2. The first-order chi connectivity index (χ1) is 11.0. The Morgan fingerprint density at radius 1 is 1.30 bits per heavy atom. The number of aliphatic hydroxyl groups excluding tert-OH is 2. The first-order valence-corrected chi connectivity index (χ1v) is 8.15. The minimum absolute atomic E-state index is 0.0863. The van der Waals surface area contributed by atoms with Crippen molar-refractivity contribution in [3.63, 3.8) is 0 Å². The average Bonchev–Trinajstić information content (AvgIpc) is 3.09. The van der Waals surface area contributed by atoms with Gasteiger partial charge in [-0.1, -0.05) is 25.0 Å². The summed E-state index contributed by atoms with van der Waals surface area (Å²) >= 11 is 0. The van der Waals surface area contributed by atoms with Crippen LogP contribution in [-0.2, 0) is 0 Å². The van der Waals surface area contributed by atoms with Gasteiger partial charge in [-0.15, -0.1) is 0 Å². The Morgan fingerprint density at radius 2 is 1.96 bits per heavy atom. The van der Waals surface area contributed by atoms with Gasteiger partial charge >= 0.3 is 6.03 Å². The van der Waals surface area contributed by atoms with E-state index in [9.17, 15) is 9.90 Å². The van der Waals surface area contributed by atoms with E-state index in [0.717, 1.165) is 11.4 Å². The van der Waals surface area contributed by atoms with Crippen LogP contribution in [0.5, 0.6) is 0 Å². The van der Waals surface area contributed by atoms with Gasteiger partial charge in [0, 0.05) is 20.1 Å². The zero-order valence-electron chi connectivity index (χ0n) is 13.9. The highest BCUT2D eigenvalue weighted by molar-refractivity contribution is 5.93. The van der Waals surface area contributed by atoms with Crippen molar-refractivity contribution in [2.24, 2.45) is 0 Å². The number of aliphatic hydroxyl groups is 2. The summed E-state index contributed by atoms with van der Waals surface area (Å²) in [7, 11) is 3.66. The van der Waals surface area contributed by atoms with Crippen LogP contribution in [0.4, 0.5) is 16.2 Å². The summed E-state index contributed by atoms with van der Waals surface area (Å²) in [6.45, 7) is -0.276. The number of hydrogen-bond acceptors (Lipinski definition) is 4. The largest absolute Gasteiger partial charge is 0.394 e. The molecular weight excluding hydrogens is 294 g/mol. The van der Waals surface area contributed by atoms with E-state index in [-0.39, 0.29) is 19.2 Å². The van der Waals surface area contributed by atoms with Crippen molar-refractivity contribution >= 4 is 17.4 Å². The maximum atomic E-state index is 12.3. The lowest BCUT2D eigenvalue weighted by Crippen LogP contribution is -2.39. The van der Waals surface area contributed by atoms with E-state index >= 15 is 0 Å². The third-order valence-electron chi connectivity index (χ3n) is 4.44. The second-order valence-corrected chi connectivity index (χ2v) is 6.21. The van der Waals surface area contributed by atoms with E-state index < -0.39 is 6.10 Å². The van der Waals surface area contributed by atoms with Crippen LogP contribution in [0.1, 0.15) is 25.7 Å². The third-order valence-corrected chi connectivity index (χ3v) is 4.44. The molecule has 2 amide bonds. The minimum atomic E-state index is -0.929. The predicted octanol–water partition coefficient (Wildman–Crippen LogP) is 1.88. The van der Waals surface area contributed by atoms with Gasteiger partial charge in [-0.25, -0.2) is 4.79 Å². The summed E-state index contributed by atoms with van der Waals surface area (Å²) in [6.07, 6.45) is 3.95. The molecule has 6 nitrogen and oxygen atoms in total. The predicted molar refractivity (Wildman–Crippen MR) is 91.8 cm³/mol. The quantitative estimate of drug-likeness (QED) is 0.748. The Morgan fingerprint density at radius 3 is 2.61 bits per heavy atom. The zero-order valence-corrected chi connectivity index (χ0v) is 13.9. The van der Waals surface area contributed by atoms with Gasteiger partial charge in [0.2, 0.25) is 0 Å². The normalized spacial score (nSPS) is 16.2. The lowest BCUT2D eigenvalue weighted by molar-refractivity contribution is 0.0750. The molecule has 2 rings (SSSR count). The van der Waals surface area contributed by atoms with Gasteiger partial charge in [-0.05, 0) is 25.0 Å². The summed E-state index contributed by atoms with van der Waals surface area (Å²) < 4.78 is 0. The van der Waals surface area contributed by atoms with Crippen LogP contribution in [-0.4, -0.2) is 60.5 Å². The molecule has 6 heteroatoms. The fraction of sp³-hybridized carbons (Fsp3) is 0.588. The zero-order chi connectivity index (χ0) is 16.8. The molecular formula is C17H27N3O3. The topological polar surface area (TPSA) is 76.0 Å². The Bertz CT molecular complexity index is 518. The number of anilines is 2. The molecule has 0 heterocycles. The molecule has 0 radical (unpaired) electrons. The van der Waals surface area contributed by atoms with E-state index in [2.05, 4.69) is 17.3 Å². The molecule has 1 aliphatic rings. The summed E-state index contributed by atoms with van der Waals surface area (Å²) in [4.78, 5) is 15.9. The van der Waals surface area contributed by atoms with E-state index in [0.29, 0.717) is 6.04 Å². The van der Waals surface area contributed by atoms with Crippen molar-refractivity contribution in [3.8, 4) is 0 Å². The molecule has 1 fully saturated rings. The summed E-state index contributed by atoms with van der Waals surface area (Å²) in [5, 5.41) is 21.2. The monoisotopic (exact) mass is 321 g/mol. The number of nitrogens with one attached hydrogen (secondary N) is 1. The second kappa shape index (κ2) is 8.17. The molecule has 1 aliphatic carbocycles. The molecule has 0 bridgehead atoms. The number of amides is 2. The first-order valence-electron chi connectivity index (χ1n) is 8.15. The lowest BCUT2D eigenvalue weighted by atomic mass is 10.1. The summed E-state index contributed by atoms with van der Waals surface area (Å²) in [6, 6.07) is 7.97. The first kappa shape index (κ1) is 17.6. The van der Waals surface area contributed by atoms with E-state index in [4.69, 9.17) is 5.11 Å². The number of rotatable bonds is 6. The molecule has 1 atom stereocenters. The SMILES string of the molecule is CN(C[C@H](O)CO)C(=O)Nc1ccccc1N(C)C1CCCC1. The van der Waals surface area contributed by atoms with Crippen molar-refractivity contribution in [2.75, 3.05) is 37.5 Å². The van der Waals surface area contributed by atoms with Gasteiger partial charge in [0.1, 0.15) is 0 Å². The van der Waals surface area contributed by atoms with Gasteiger partial charge in [0.05, 0.1) is 30.6 Å². The number of urea groups is 1. The Balaban J connectivity index is 2.06. The standard InChI is InChI=1S/C17H27N3O3/c1-19(11-14(22)12-21)17(23)18-15-9-5-6-10-16(15)20(2)13-7-3-4-8-13/h5-6,9-10,13-14,21-22H,3-4,7-8,11-12H2,1-2H3,(H,18,23)/t14-/m0/s1. The highest BCUT2D eigenvalue weighted by atomic mass is 16.3. The molecule has 1 saturated carbocycles. The van der Waals surface area contributed by atoms with Crippen LogP contribution in [0, 0.1) is 0 Å². The lowest BCUT2D eigenvalue weighted by Gasteiger charge is -2.29. The van der Waals surface area contributed by atoms with Crippen LogP contribution < -0.4 is 10.2 Å². The van der Waals surface area contributed by atoms with Crippen molar-refractivity contribution in [1.82, 2.24) is 4.90 Å². The highest BCUT2D eigenvalue weighted by Gasteiger charge is 2.22. The number of carbonyl (C=O) groups is 1. The summed E-state index contributed by atoms with van der Waals surface area (Å²) in [5.41, 5.74) is 1.76. The Hall–Kier alpha value is -1.79. The molecule has 0 unspecified atom stereocenters. The Kier molecular flexibility index (Phi) is 6.24. The van der Waals surface area contributed by atoms with Crippen molar-refractivity contribution in [1.29, 1.82) is 0 Å². The molecule has 0 aromatic heterocycles. The van der Waals surface area contributed by atoms with Crippen molar-refractivity contribution < 1.29 is 15.0 Å². The number of hydrogen-bond donors (Lipinski definition) is 3. The maximum absolute atomic E-state index is 12.3. The second-order valence-electron chi connectivity index (χ2n) is 6.21. The molecule has 1 aromatic rings. The van der Waals surface area contributed by atoms with Crippen molar-refractivity contribution in [3.05, 3.63) is 24.3 Å². The fourth-order valence-electron chi connectivity index (χ4n) is 3.04. The molecule has 23 heavy (non-hydrogen) atoms. The van der Waals surface area contributed by atoms with Crippen LogP contribution >= 0.6 is 0 Å². The molecule has 128 valence electrons. The van der Waals surface area contributed by atoms with Gasteiger partial charge in [-0.2, -0.15) is 0 Å². The minimum Gasteiger partial charge on any atom is -0.394 e. The average molecular weight is 321 g/mol. The summed E-state index contributed by atoms with van der Waals surface area (Å²) in [5.74, 6) is 0. The van der Waals surface area contributed by atoms with Crippen LogP contribution in [0.3, 0.4) is 0 Å². The van der Waals surface area contributed by atoms with Gasteiger partial charge in [0.15, 0.2) is 0 Å². The smallest absolute Gasteiger partial charge is 0.321 e. The van der Waals surface area contributed by atoms with Crippen LogP contribution in [0.2, 0.25) is 0 Å². The maximum Gasteiger partial charge on any atom is 0.321 e. The van der Waals surface area contributed by atoms with Gasteiger partial charge in [0.25, 0.3) is 0 Å². The fourth-order valence-corrected chi connectivity index (χ4v) is 3.04. The molecule has 0 spiro atoms. The molecule has 1 aromatic carbocycles. The highest BCUT2D eigenvalue weighted by Crippen LogP contribution is 2.31. The molecule has 0 saturated heterocycles. The molecule has 0 aliphatic heterocycles. The van der Waals surface area contributed by atoms with Gasteiger partial charge < -0.3 is 25.3 Å². The molecule has 3 N–H and O–H groups in total. The van der Waals surface area contributed by atoms with Crippen LogP contribution in [0.25, 0.3) is 0 Å². The van der Waals surface area contributed by atoms with Gasteiger partial charge in [-0.3, -0.25) is 0 Å². The number of benzene rings is 1. The number of likely N-dealkylation sites (N-methyl/N-ethyl adjacent to an activating group) is 1. The Labute approximate surface area is 137 Å². The third kappa shape index (κ3) is 4.59. The number of nitrogens with zero attached hydrogens (tertiary/aromatic N) is 2. The van der Waals surface area contributed by atoms with E-state index in [1.807, 2.05) is 24.3 Å². The van der Waals surface area contributed by atoms with E-state index in [1.165, 1.54) is 30.6 Å². The van der Waals surface area contributed by atoms with Crippen LogP contribution in [0.15, 0.2) is 24.3 Å². The van der Waals surface area contributed by atoms with E-state index in [1.54, 1.807) is 7.05 Å². The number of carbonyl (C=O) groups excluding carboxylic acids is 1.